The van der Waals surface area contributed by atoms with E-state index in [0.29, 0.717) is 0 Å². The fraction of sp³-hybridized carbons (Fsp3) is 0.273. The fourth-order valence-electron chi connectivity index (χ4n) is 1.42. The van der Waals surface area contributed by atoms with Crippen LogP contribution in [0.25, 0.3) is 0 Å². The predicted molar refractivity (Wildman–Crippen MR) is 68.3 cm³/mol. The van der Waals surface area contributed by atoms with Gasteiger partial charge in [-0.3, -0.25) is 0 Å². The van der Waals surface area contributed by atoms with E-state index < -0.39 is 0 Å². The van der Waals surface area contributed by atoms with Crippen LogP contribution in [0.4, 0.5) is 0 Å². The van der Waals surface area contributed by atoms with Gasteiger partial charge in [-0.05, 0) is 24.6 Å². The Kier molecular flexibility index (Phi) is 3.92. The summed E-state index contributed by atoms with van der Waals surface area (Å²) in [6.45, 7) is 2.81. The third-order valence-electron chi connectivity index (χ3n) is 2.34. The van der Waals surface area contributed by atoms with Crippen molar-refractivity contribution >= 4 is 34.5 Å². The lowest BCUT2D eigenvalue weighted by Crippen LogP contribution is -2.17. The van der Waals surface area contributed by atoms with Gasteiger partial charge in [-0.15, -0.1) is 11.3 Å². The van der Waals surface area contributed by atoms with Crippen LogP contribution in [0.15, 0.2) is 29.1 Å². The smallest absolute Gasteiger partial charge is 0.0991 e. The Labute approximate surface area is 108 Å². The monoisotopic (exact) mass is 275 g/mol. The van der Waals surface area contributed by atoms with E-state index >= 15 is 0 Å². The van der Waals surface area contributed by atoms with E-state index in [1.165, 1.54) is 11.3 Å². The highest BCUT2D eigenvalue weighted by Crippen LogP contribution is 2.34. The molecule has 0 radical (unpaired) electrons. The Hall–Kier alpha value is -0.480. The molecule has 5 heteroatoms. The molecular weight excluding hydrogens is 265 g/mol. The number of furan rings is 1. The van der Waals surface area contributed by atoms with Gasteiger partial charge in [0.2, 0.25) is 0 Å². The molecule has 0 aliphatic carbocycles. The maximum Gasteiger partial charge on any atom is 0.0991 e. The van der Waals surface area contributed by atoms with E-state index in [1.54, 1.807) is 12.5 Å². The lowest BCUT2D eigenvalue weighted by atomic mass is 10.2. The molecule has 16 heavy (non-hydrogen) atoms. The van der Waals surface area contributed by atoms with Gasteiger partial charge in [0.05, 0.1) is 21.2 Å². The van der Waals surface area contributed by atoms with Crippen molar-refractivity contribution in [2.75, 3.05) is 0 Å². The standard InChI is InChI=1S/C11H11Cl2NOS/c1-7(9-4-10(12)16-11(9)13)14-5-8-2-3-15-6-8/h2-4,6-7,14H,5H2,1H3. The number of hydrogen-bond acceptors (Lipinski definition) is 3. The Morgan fingerprint density at radius 2 is 2.31 bits per heavy atom. The summed E-state index contributed by atoms with van der Waals surface area (Å²) in [4.78, 5) is 0. The summed E-state index contributed by atoms with van der Waals surface area (Å²) in [5.74, 6) is 0. The zero-order chi connectivity index (χ0) is 11.5. The van der Waals surface area contributed by atoms with E-state index in [0.717, 1.165) is 26.3 Å². The van der Waals surface area contributed by atoms with E-state index in [9.17, 15) is 0 Å². The van der Waals surface area contributed by atoms with Gasteiger partial charge in [-0.1, -0.05) is 23.2 Å². The lowest BCUT2D eigenvalue weighted by Gasteiger charge is -2.12. The summed E-state index contributed by atoms with van der Waals surface area (Å²) in [6, 6.07) is 4.01. The maximum atomic E-state index is 6.08. The highest BCUT2D eigenvalue weighted by atomic mass is 35.5. The number of hydrogen-bond donors (Lipinski definition) is 1. The molecule has 0 saturated carbocycles. The Morgan fingerprint density at radius 1 is 1.50 bits per heavy atom. The van der Waals surface area contributed by atoms with Crippen LogP contribution in [-0.4, -0.2) is 0 Å². The van der Waals surface area contributed by atoms with Gasteiger partial charge in [0.15, 0.2) is 0 Å². The van der Waals surface area contributed by atoms with Crippen LogP contribution in [0.1, 0.15) is 24.1 Å². The van der Waals surface area contributed by atoms with Crippen molar-refractivity contribution in [1.82, 2.24) is 5.32 Å². The van der Waals surface area contributed by atoms with E-state index in [4.69, 9.17) is 27.6 Å². The average Bonchev–Trinajstić information content (AvgIpc) is 2.84. The maximum absolute atomic E-state index is 6.08. The van der Waals surface area contributed by atoms with Gasteiger partial charge < -0.3 is 9.73 Å². The van der Waals surface area contributed by atoms with Crippen molar-refractivity contribution in [3.05, 3.63) is 44.5 Å². The molecule has 2 nitrogen and oxygen atoms in total. The minimum atomic E-state index is 0.172. The van der Waals surface area contributed by atoms with E-state index in [-0.39, 0.29) is 6.04 Å². The summed E-state index contributed by atoms with van der Waals surface area (Å²) in [5, 5.41) is 3.36. The van der Waals surface area contributed by atoms with Crippen LogP contribution in [-0.2, 0) is 6.54 Å². The van der Waals surface area contributed by atoms with Gasteiger partial charge >= 0.3 is 0 Å². The first-order chi connectivity index (χ1) is 7.66. The molecule has 0 aromatic carbocycles. The molecule has 2 aromatic heterocycles. The first kappa shape index (κ1) is 12.0. The van der Waals surface area contributed by atoms with Crippen LogP contribution in [0.3, 0.4) is 0 Å². The molecule has 0 aliphatic heterocycles. The van der Waals surface area contributed by atoms with Crippen molar-refractivity contribution in [3.8, 4) is 0 Å². The molecule has 2 heterocycles. The topological polar surface area (TPSA) is 25.2 Å². The largest absolute Gasteiger partial charge is 0.472 e. The van der Waals surface area contributed by atoms with Crippen LogP contribution in [0, 0.1) is 0 Å². The zero-order valence-electron chi connectivity index (χ0n) is 8.67. The average molecular weight is 276 g/mol. The van der Waals surface area contributed by atoms with Gasteiger partial charge in [-0.2, -0.15) is 0 Å². The van der Waals surface area contributed by atoms with Crippen LogP contribution in [0.2, 0.25) is 8.67 Å². The molecule has 86 valence electrons. The number of rotatable bonds is 4. The number of halogens is 2. The van der Waals surface area contributed by atoms with Gasteiger partial charge in [-0.25, -0.2) is 0 Å². The quantitative estimate of drug-likeness (QED) is 0.889. The third kappa shape index (κ3) is 2.80. The second-order valence-electron chi connectivity index (χ2n) is 3.51. The minimum Gasteiger partial charge on any atom is -0.472 e. The summed E-state index contributed by atoms with van der Waals surface area (Å²) in [6.07, 6.45) is 3.39. The molecule has 0 spiro atoms. The van der Waals surface area contributed by atoms with Crippen LogP contribution in [0.5, 0.6) is 0 Å². The van der Waals surface area contributed by atoms with Crippen molar-refractivity contribution < 1.29 is 4.42 Å². The third-order valence-corrected chi connectivity index (χ3v) is 3.86. The van der Waals surface area contributed by atoms with Gasteiger partial charge in [0.25, 0.3) is 0 Å². The molecule has 0 aliphatic rings. The van der Waals surface area contributed by atoms with Crippen molar-refractivity contribution in [2.24, 2.45) is 0 Å². The summed E-state index contributed by atoms with van der Waals surface area (Å²) in [7, 11) is 0. The molecule has 1 N–H and O–H groups in total. The van der Waals surface area contributed by atoms with E-state index in [1.807, 2.05) is 12.1 Å². The molecule has 0 bridgehead atoms. The Morgan fingerprint density at radius 3 is 2.88 bits per heavy atom. The first-order valence-corrected chi connectivity index (χ1v) is 6.43. The zero-order valence-corrected chi connectivity index (χ0v) is 11.0. The summed E-state index contributed by atoms with van der Waals surface area (Å²) >= 11 is 13.4. The normalized spacial score (nSPS) is 12.9. The minimum absolute atomic E-state index is 0.172. The van der Waals surface area contributed by atoms with Gasteiger partial charge in [0, 0.05) is 18.2 Å². The molecule has 0 amide bonds. The number of nitrogens with one attached hydrogen (secondary N) is 1. The van der Waals surface area contributed by atoms with Crippen LogP contribution < -0.4 is 5.32 Å². The van der Waals surface area contributed by atoms with Crippen molar-refractivity contribution in [1.29, 1.82) is 0 Å². The molecule has 2 rings (SSSR count). The molecule has 1 atom stereocenters. The summed E-state index contributed by atoms with van der Waals surface area (Å²) in [5.41, 5.74) is 2.16. The lowest BCUT2D eigenvalue weighted by molar-refractivity contribution is 0.547. The molecule has 0 saturated heterocycles. The van der Waals surface area contributed by atoms with Crippen LogP contribution >= 0.6 is 34.5 Å². The summed E-state index contributed by atoms with van der Waals surface area (Å²) < 4.78 is 6.46. The second kappa shape index (κ2) is 5.23. The second-order valence-corrected chi connectivity index (χ2v) is 5.80. The van der Waals surface area contributed by atoms with E-state index in [2.05, 4.69) is 12.2 Å². The molecular formula is C11H11Cl2NOS. The predicted octanol–water partition coefficient (Wildman–Crippen LogP) is 4.50. The molecule has 0 fully saturated rings. The fourth-order valence-corrected chi connectivity index (χ4v) is 3.07. The highest BCUT2D eigenvalue weighted by Gasteiger charge is 2.12. The Balaban J connectivity index is 1.98. The highest BCUT2D eigenvalue weighted by molar-refractivity contribution is 7.20. The van der Waals surface area contributed by atoms with Crippen molar-refractivity contribution in [2.45, 2.75) is 19.5 Å². The molecule has 2 aromatic rings. The number of thiophene rings is 1. The van der Waals surface area contributed by atoms with Gasteiger partial charge in [0.1, 0.15) is 0 Å². The first-order valence-electron chi connectivity index (χ1n) is 4.86. The van der Waals surface area contributed by atoms with Crippen molar-refractivity contribution in [3.63, 3.8) is 0 Å². The molecule has 1 unspecified atom stereocenters. The Bertz CT molecular complexity index is 453. The SMILES string of the molecule is CC(NCc1ccoc1)c1cc(Cl)sc1Cl.